The second kappa shape index (κ2) is 6.87. The third-order valence-electron chi connectivity index (χ3n) is 3.28. The van der Waals surface area contributed by atoms with Crippen LogP contribution in [0.2, 0.25) is 0 Å². The summed E-state index contributed by atoms with van der Waals surface area (Å²) in [6.45, 7) is 1.22. The van der Waals surface area contributed by atoms with Crippen LogP contribution in [0.3, 0.4) is 0 Å². The highest BCUT2D eigenvalue weighted by molar-refractivity contribution is 5.73. The maximum Gasteiger partial charge on any atom is 0.317 e. The van der Waals surface area contributed by atoms with Gasteiger partial charge in [0, 0.05) is 26.0 Å². The molecule has 0 spiro atoms. The van der Waals surface area contributed by atoms with Crippen LogP contribution in [-0.4, -0.2) is 34.5 Å². The van der Waals surface area contributed by atoms with Crippen LogP contribution in [0.5, 0.6) is 0 Å². The zero-order valence-electron chi connectivity index (χ0n) is 11.2. The van der Waals surface area contributed by atoms with Gasteiger partial charge in [0.25, 0.3) is 0 Å². The van der Waals surface area contributed by atoms with E-state index in [2.05, 4.69) is 27.4 Å². The zero-order valence-corrected chi connectivity index (χ0v) is 11.2. The fourth-order valence-corrected chi connectivity index (χ4v) is 2.13. The summed E-state index contributed by atoms with van der Waals surface area (Å²) in [7, 11) is 1.77. The second-order valence-corrected chi connectivity index (χ2v) is 4.89. The number of hydrogen-bond acceptors (Lipinski definition) is 3. The van der Waals surface area contributed by atoms with Crippen LogP contribution >= 0.6 is 0 Å². The lowest BCUT2D eigenvalue weighted by Crippen LogP contribution is -2.39. The fourth-order valence-electron chi connectivity index (χ4n) is 2.13. The highest BCUT2D eigenvalue weighted by Crippen LogP contribution is 2.16. The molecule has 5 heteroatoms. The number of nitrogens with one attached hydrogen (secondary N) is 1. The summed E-state index contributed by atoms with van der Waals surface area (Å²) in [5.74, 6) is 0.568. The minimum absolute atomic E-state index is 0.0554. The predicted octanol–water partition coefficient (Wildman–Crippen LogP) is 1.97. The second-order valence-electron chi connectivity index (χ2n) is 4.89. The van der Waals surface area contributed by atoms with Gasteiger partial charge in [0.2, 0.25) is 0 Å². The van der Waals surface area contributed by atoms with Gasteiger partial charge in [-0.3, -0.25) is 9.97 Å². The molecule has 102 valence electrons. The Kier molecular flexibility index (Phi) is 4.89. The van der Waals surface area contributed by atoms with Crippen LogP contribution in [0.25, 0.3) is 0 Å². The van der Waals surface area contributed by atoms with Crippen molar-refractivity contribution in [3.05, 3.63) is 36.4 Å². The maximum atomic E-state index is 11.9. The quantitative estimate of drug-likeness (QED) is 0.842. The number of hydrogen-bond donors (Lipinski definition) is 1. The molecular weight excluding hydrogens is 240 g/mol. The van der Waals surface area contributed by atoms with E-state index in [0.29, 0.717) is 12.5 Å². The first-order valence-electron chi connectivity index (χ1n) is 6.64. The molecule has 1 N–H and O–H groups in total. The summed E-state index contributed by atoms with van der Waals surface area (Å²) in [6.07, 6.45) is 12.7. The minimum atomic E-state index is -0.0554. The Hall–Kier alpha value is -1.91. The molecule has 0 radical (unpaired) electrons. The van der Waals surface area contributed by atoms with Crippen molar-refractivity contribution >= 4 is 6.03 Å². The van der Waals surface area contributed by atoms with E-state index in [1.165, 1.54) is 0 Å². The van der Waals surface area contributed by atoms with Gasteiger partial charge in [0.05, 0.1) is 18.4 Å². The first kappa shape index (κ1) is 13.5. The number of urea groups is 1. The average Bonchev–Trinajstić information content (AvgIpc) is 2.47. The van der Waals surface area contributed by atoms with Crippen LogP contribution in [-0.2, 0) is 6.54 Å². The van der Waals surface area contributed by atoms with E-state index in [9.17, 15) is 4.79 Å². The normalized spacial score (nSPS) is 18.1. The molecule has 0 aliphatic heterocycles. The van der Waals surface area contributed by atoms with Crippen LogP contribution in [0.15, 0.2) is 30.7 Å². The Morgan fingerprint density at radius 2 is 2.37 bits per heavy atom. The molecule has 1 unspecified atom stereocenters. The van der Waals surface area contributed by atoms with E-state index in [1.807, 2.05) is 0 Å². The molecule has 1 aliphatic carbocycles. The Morgan fingerprint density at radius 3 is 3.05 bits per heavy atom. The van der Waals surface area contributed by atoms with Crippen LogP contribution in [0.1, 0.15) is 25.0 Å². The monoisotopic (exact) mass is 260 g/mol. The lowest BCUT2D eigenvalue weighted by atomic mass is 9.94. The predicted molar refractivity (Wildman–Crippen MR) is 73.4 cm³/mol. The first-order chi connectivity index (χ1) is 9.25. The smallest absolute Gasteiger partial charge is 0.317 e. The fraction of sp³-hybridized carbons (Fsp3) is 0.500. The highest BCUT2D eigenvalue weighted by Gasteiger charge is 2.14. The molecule has 0 aromatic carbocycles. The van der Waals surface area contributed by atoms with E-state index in [1.54, 1.807) is 30.5 Å². The van der Waals surface area contributed by atoms with Crippen LogP contribution in [0.4, 0.5) is 4.79 Å². The number of amides is 2. The van der Waals surface area contributed by atoms with E-state index in [0.717, 1.165) is 31.5 Å². The molecule has 1 atom stereocenters. The Labute approximate surface area is 113 Å². The summed E-state index contributed by atoms with van der Waals surface area (Å²) < 4.78 is 0. The Bertz CT molecular complexity index is 432. The van der Waals surface area contributed by atoms with Crippen molar-refractivity contribution in [2.75, 3.05) is 13.6 Å². The van der Waals surface area contributed by atoms with Gasteiger partial charge >= 0.3 is 6.03 Å². The molecule has 1 aromatic rings. The van der Waals surface area contributed by atoms with Crippen molar-refractivity contribution in [3.63, 3.8) is 0 Å². The standard InChI is InChI=1S/C14H20N4O/c1-18(11-13-10-15-7-8-16-13)14(19)17-9-12-5-3-2-4-6-12/h2-3,7-8,10,12H,4-6,9,11H2,1H3,(H,17,19). The van der Waals surface area contributed by atoms with Gasteiger partial charge < -0.3 is 10.2 Å². The van der Waals surface area contributed by atoms with Crippen molar-refractivity contribution in [2.45, 2.75) is 25.8 Å². The molecular formula is C14H20N4O. The molecule has 0 saturated heterocycles. The van der Waals surface area contributed by atoms with E-state index < -0.39 is 0 Å². The molecule has 2 amide bonds. The van der Waals surface area contributed by atoms with Gasteiger partial charge in [-0.2, -0.15) is 0 Å². The highest BCUT2D eigenvalue weighted by atomic mass is 16.2. The lowest BCUT2D eigenvalue weighted by molar-refractivity contribution is 0.204. The maximum absolute atomic E-state index is 11.9. The number of aromatic nitrogens is 2. The van der Waals surface area contributed by atoms with Gasteiger partial charge in [0.1, 0.15) is 0 Å². The topological polar surface area (TPSA) is 58.1 Å². The van der Waals surface area contributed by atoms with Gasteiger partial charge in [0.15, 0.2) is 0 Å². The summed E-state index contributed by atoms with van der Waals surface area (Å²) in [4.78, 5) is 21.7. The summed E-state index contributed by atoms with van der Waals surface area (Å²) >= 11 is 0. The number of nitrogens with zero attached hydrogens (tertiary/aromatic N) is 3. The molecule has 1 heterocycles. The molecule has 2 rings (SSSR count). The average molecular weight is 260 g/mol. The zero-order chi connectivity index (χ0) is 13.5. The lowest BCUT2D eigenvalue weighted by Gasteiger charge is -2.21. The van der Waals surface area contributed by atoms with E-state index >= 15 is 0 Å². The number of rotatable bonds is 4. The third kappa shape index (κ3) is 4.35. The first-order valence-corrected chi connectivity index (χ1v) is 6.64. The van der Waals surface area contributed by atoms with Crippen LogP contribution in [0, 0.1) is 5.92 Å². The molecule has 5 nitrogen and oxygen atoms in total. The minimum Gasteiger partial charge on any atom is -0.338 e. The number of carbonyl (C=O) groups is 1. The molecule has 0 saturated carbocycles. The summed E-state index contributed by atoms with van der Waals surface area (Å²) in [6, 6.07) is -0.0554. The number of allylic oxidation sites excluding steroid dienone is 2. The molecule has 1 aliphatic rings. The SMILES string of the molecule is CN(Cc1cnccn1)C(=O)NCC1CC=CCC1. The Balaban J connectivity index is 1.74. The summed E-state index contributed by atoms with van der Waals surface area (Å²) in [5.41, 5.74) is 0.792. The van der Waals surface area contributed by atoms with Gasteiger partial charge in [-0.15, -0.1) is 0 Å². The van der Waals surface area contributed by atoms with Gasteiger partial charge in [-0.1, -0.05) is 12.2 Å². The van der Waals surface area contributed by atoms with Crippen LogP contribution < -0.4 is 5.32 Å². The van der Waals surface area contributed by atoms with Crippen molar-refractivity contribution in [2.24, 2.45) is 5.92 Å². The molecule has 19 heavy (non-hydrogen) atoms. The Morgan fingerprint density at radius 1 is 1.47 bits per heavy atom. The molecule has 0 bridgehead atoms. The van der Waals surface area contributed by atoms with E-state index in [-0.39, 0.29) is 6.03 Å². The van der Waals surface area contributed by atoms with Crippen molar-refractivity contribution in [1.82, 2.24) is 20.2 Å². The van der Waals surface area contributed by atoms with Crippen molar-refractivity contribution in [1.29, 1.82) is 0 Å². The van der Waals surface area contributed by atoms with Crippen molar-refractivity contribution < 1.29 is 4.79 Å². The largest absolute Gasteiger partial charge is 0.338 e. The van der Waals surface area contributed by atoms with Crippen molar-refractivity contribution in [3.8, 4) is 0 Å². The van der Waals surface area contributed by atoms with Gasteiger partial charge in [-0.25, -0.2) is 4.79 Å². The third-order valence-corrected chi connectivity index (χ3v) is 3.28. The number of carbonyl (C=O) groups excluding carboxylic acids is 1. The molecule has 0 fully saturated rings. The molecule has 1 aromatic heterocycles. The summed E-state index contributed by atoms with van der Waals surface area (Å²) in [5, 5.41) is 2.98. The van der Waals surface area contributed by atoms with Gasteiger partial charge in [-0.05, 0) is 25.2 Å². The van der Waals surface area contributed by atoms with E-state index in [4.69, 9.17) is 0 Å².